The molecule has 0 spiro atoms. The van der Waals surface area contributed by atoms with Crippen molar-refractivity contribution < 1.29 is 12.7 Å². The van der Waals surface area contributed by atoms with Crippen molar-refractivity contribution in [2.75, 3.05) is 5.75 Å². The molecule has 0 aliphatic carbocycles. The minimum absolute atomic E-state index is 0.0171. The van der Waals surface area contributed by atoms with Crippen molar-refractivity contribution in [2.24, 2.45) is 5.16 Å². The Kier molecular flexibility index (Phi) is 8.01. The quantitative estimate of drug-likeness (QED) is 0.373. The van der Waals surface area contributed by atoms with Crippen LogP contribution in [0.2, 0.25) is 0 Å². The SMILES string of the molecule is CCCCCCCCS(=O)(=O)O/N=C(\C#N)c1cccs1. The van der Waals surface area contributed by atoms with E-state index in [1.165, 1.54) is 17.8 Å². The van der Waals surface area contributed by atoms with Gasteiger partial charge in [0.1, 0.15) is 6.07 Å². The summed E-state index contributed by atoms with van der Waals surface area (Å²) in [5, 5.41) is 14.2. The lowest BCUT2D eigenvalue weighted by atomic mass is 10.1. The molecule has 21 heavy (non-hydrogen) atoms. The molecule has 0 saturated heterocycles. The Hall–Kier alpha value is -1.39. The molecule has 0 amide bonds. The van der Waals surface area contributed by atoms with Crippen molar-refractivity contribution in [1.29, 1.82) is 5.26 Å². The molecule has 1 rings (SSSR count). The molecule has 1 aromatic rings. The minimum atomic E-state index is -3.70. The number of nitrogens with zero attached hydrogens (tertiary/aromatic N) is 2. The minimum Gasteiger partial charge on any atom is -0.267 e. The van der Waals surface area contributed by atoms with Gasteiger partial charge >= 0.3 is 10.1 Å². The van der Waals surface area contributed by atoms with E-state index in [0.29, 0.717) is 11.3 Å². The van der Waals surface area contributed by atoms with Gasteiger partial charge in [0.2, 0.25) is 0 Å². The van der Waals surface area contributed by atoms with Gasteiger partial charge in [0.25, 0.3) is 0 Å². The fraction of sp³-hybridized carbons (Fsp3) is 0.571. The summed E-state index contributed by atoms with van der Waals surface area (Å²) in [7, 11) is -3.70. The van der Waals surface area contributed by atoms with Crippen molar-refractivity contribution in [3.05, 3.63) is 22.4 Å². The molecule has 7 heteroatoms. The van der Waals surface area contributed by atoms with Gasteiger partial charge in [0, 0.05) is 0 Å². The van der Waals surface area contributed by atoms with Crippen LogP contribution < -0.4 is 0 Å². The van der Waals surface area contributed by atoms with Crippen LogP contribution in [0.15, 0.2) is 22.7 Å². The van der Waals surface area contributed by atoms with Gasteiger partial charge in [-0.1, -0.05) is 50.2 Å². The Morgan fingerprint density at radius 3 is 2.67 bits per heavy atom. The summed E-state index contributed by atoms with van der Waals surface area (Å²) in [4.78, 5) is 0.590. The van der Waals surface area contributed by atoms with Crippen LogP contribution >= 0.6 is 11.3 Å². The Morgan fingerprint density at radius 1 is 1.33 bits per heavy atom. The molecular weight excluding hydrogens is 308 g/mol. The normalized spacial score (nSPS) is 12.1. The molecule has 0 aliphatic rings. The van der Waals surface area contributed by atoms with Crippen LogP contribution in [-0.4, -0.2) is 19.9 Å². The van der Waals surface area contributed by atoms with Crippen LogP contribution in [0.25, 0.3) is 0 Å². The van der Waals surface area contributed by atoms with Crippen molar-refractivity contribution in [1.82, 2.24) is 0 Å². The monoisotopic (exact) mass is 328 g/mol. The molecule has 5 nitrogen and oxygen atoms in total. The van der Waals surface area contributed by atoms with Crippen LogP contribution in [0, 0.1) is 11.3 Å². The molecule has 0 N–H and O–H groups in total. The van der Waals surface area contributed by atoms with Crippen molar-refractivity contribution in [3.8, 4) is 6.07 Å². The summed E-state index contributed by atoms with van der Waals surface area (Å²) in [6.45, 7) is 2.14. The second-order valence-corrected chi connectivity index (χ2v) is 7.25. The van der Waals surface area contributed by atoms with Gasteiger partial charge in [0.05, 0.1) is 10.6 Å². The first-order chi connectivity index (χ1) is 10.1. The molecule has 0 aliphatic heterocycles. The second-order valence-electron chi connectivity index (χ2n) is 4.63. The van der Waals surface area contributed by atoms with Crippen LogP contribution in [0.4, 0.5) is 0 Å². The predicted octanol–water partition coefficient (Wildman–Crippen LogP) is 3.68. The third-order valence-electron chi connectivity index (χ3n) is 2.85. The average molecular weight is 328 g/mol. The topological polar surface area (TPSA) is 79.5 Å². The number of thiophene rings is 1. The van der Waals surface area contributed by atoms with Crippen LogP contribution in [0.3, 0.4) is 0 Å². The molecule has 0 aromatic carbocycles. The zero-order valence-electron chi connectivity index (χ0n) is 12.1. The molecule has 1 heterocycles. The maximum atomic E-state index is 11.7. The Labute approximate surface area is 130 Å². The van der Waals surface area contributed by atoms with Crippen LogP contribution in [0.1, 0.15) is 50.3 Å². The van der Waals surface area contributed by atoms with E-state index in [1.54, 1.807) is 17.5 Å². The van der Waals surface area contributed by atoms with E-state index in [2.05, 4.69) is 16.4 Å². The largest absolute Gasteiger partial charge is 0.328 e. The third-order valence-corrected chi connectivity index (χ3v) is 4.82. The van der Waals surface area contributed by atoms with E-state index in [1.807, 2.05) is 6.07 Å². The van der Waals surface area contributed by atoms with E-state index in [4.69, 9.17) is 5.26 Å². The summed E-state index contributed by atoms with van der Waals surface area (Å²) < 4.78 is 27.9. The standard InChI is InChI=1S/C14H20N2O3S2/c1-2-3-4-5-6-7-11-21(17,18)19-16-13(12-15)14-9-8-10-20-14/h8-10H,2-7,11H2,1H3/b16-13+. The molecule has 0 fully saturated rings. The third kappa shape index (κ3) is 7.25. The smallest absolute Gasteiger partial charge is 0.267 e. The maximum absolute atomic E-state index is 11.7. The average Bonchev–Trinajstić information content (AvgIpc) is 2.97. The van der Waals surface area contributed by atoms with Gasteiger partial charge in [-0.15, -0.1) is 11.3 Å². The van der Waals surface area contributed by atoms with Gasteiger partial charge in [-0.25, -0.2) is 0 Å². The van der Waals surface area contributed by atoms with E-state index in [-0.39, 0.29) is 11.5 Å². The Morgan fingerprint density at radius 2 is 2.05 bits per heavy atom. The summed E-state index contributed by atoms with van der Waals surface area (Å²) in [5.41, 5.74) is -0.0171. The van der Waals surface area contributed by atoms with E-state index < -0.39 is 10.1 Å². The number of unbranched alkanes of at least 4 members (excludes halogenated alkanes) is 5. The summed E-state index contributed by atoms with van der Waals surface area (Å²) in [6, 6.07) is 5.29. The van der Waals surface area contributed by atoms with Gasteiger partial charge in [-0.2, -0.15) is 13.7 Å². The van der Waals surface area contributed by atoms with Gasteiger partial charge in [0.15, 0.2) is 5.71 Å². The van der Waals surface area contributed by atoms with Gasteiger partial charge < -0.3 is 0 Å². The first-order valence-corrected chi connectivity index (χ1v) is 9.48. The molecule has 0 atom stereocenters. The lowest BCUT2D eigenvalue weighted by Crippen LogP contribution is -2.09. The van der Waals surface area contributed by atoms with E-state index in [0.717, 1.165) is 25.7 Å². The number of oxime groups is 1. The summed E-state index contributed by atoms with van der Waals surface area (Å²) >= 11 is 1.31. The maximum Gasteiger partial charge on any atom is 0.328 e. The fourth-order valence-corrected chi connectivity index (χ4v) is 3.20. The number of hydrogen-bond acceptors (Lipinski definition) is 6. The fourth-order valence-electron chi connectivity index (χ4n) is 1.72. The molecular formula is C14H20N2O3S2. The second kappa shape index (κ2) is 9.53. The van der Waals surface area contributed by atoms with Crippen molar-refractivity contribution in [2.45, 2.75) is 45.4 Å². The highest BCUT2D eigenvalue weighted by atomic mass is 32.2. The Bertz CT molecular complexity index is 572. The highest BCUT2D eigenvalue weighted by molar-refractivity contribution is 7.86. The molecule has 0 unspecified atom stereocenters. The van der Waals surface area contributed by atoms with Crippen molar-refractivity contribution >= 4 is 27.2 Å². The van der Waals surface area contributed by atoms with E-state index >= 15 is 0 Å². The predicted molar refractivity (Wildman–Crippen MR) is 84.7 cm³/mol. The lowest BCUT2D eigenvalue weighted by molar-refractivity contribution is 0.338. The summed E-state index contributed by atoms with van der Waals surface area (Å²) in [5.74, 6) is -0.0637. The zero-order valence-corrected chi connectivity index (χ0v) is 13.8. The lowest BCUT2D eigenvalue weighted by Gasteiger charge is -2.02. The van der Waals surface area contributed by atoms with Crippen molar-refractivity contribution in [3.63, 3.8) is 0 Å². The Balaban J connectivity index is 2.40. The molecule has 1 aromatic heterocycles. The first-order valence-electron chi connectivity index (χ1n) is 7.02. The van der Waals surface area contributed by atoms with Gasteiger partial charge in [-0.3, -0.25) is 4.28 Å². The van der Waals surface area contributed by atoms with Crippen LogP contribution in [-0.2, 0) is 14.4 Å². The number of hydrogen-bond donors (Lipinski definition) is 0. The molecule has 116 valence electrons. The zero-order chi connectivity index (χ0) is 15.6. The molecule has 0 bridgehead atoms. The first kappa shape index (κ1) is 17.7. The number of nitriles is 1. The summed E-state index contributed by atoms with van der Waals surface area (Å²) in [6.07, 6.45) is 5.93. The highest BCUT2D eigenvalue weighted by Crippen LogP contribution is 2.11. The number of rotatable bonds is 10. The van der Waals surface area contributed by atoms with E-state index in [9.17, 15) is 8.42 Å². The highest BCUT2D eigenvalue weighted by Gasteiger charge is 2.13. The molecule has 0 radical (unpaired) electrons. The van der Waals surface area contributed by atoms with Crippen LogP contribution in [0.5, 0.6) is 0 Å². The van der Waals surface area contributed by atoms with Gasteiger partial charge in [-0.05, 0) is 17.9 Å². The molecule has 0 saturated carbocycles.